The van der Waals surface area contributed by atoms with Crippen LogP contribution in [0.15, 0.2) is 18.2 Å². The molecule has 2 rings (SSSR count). The zero-order chi connectivity index (χ0) is 23.4. The van der Waals surface area contributed by atoms with E-state index in [0.29, 0.717) is 25.2 Å². The van der Waals surface area contributed by atoms with Gasteiger partial charge in [0.2, 0.25) is 0 Å². The lowest BCUT2D eigenvalue weighted by Gasteiger charge is -2.35. The molecule has 1 aliphatic heterocycles. The number of carbonyl (C=O) groups excluding carboxylic acids is 1. The number of halogens is 7. The third-order valence-electron chi connectivity index (χ3n) is 5.15. The minimum atomic E-state index is -4.98. The number of carbonyl (C=O) groups is 1. The molecular weight excluding hydrogens is 460 g/mol. The molecule has 1 heterocycles. The number of hydrogen-bond acceptors (Lipinski definition) is 3. The molecule has 1 fully saturated rings. The van der Waals surface area contributed by atoms with Gasteiger partial charge in [0.25, 0.3) is 5.91 Å². The lowest BCUT2D eigenvalue weighted by molar-refractivity contribution is -0.143. The molecular formula is C21H30ClF6N3O. The molecule has 1 N–H and O–H groups in total. The first kappa shape index (κ1) is 28.5. The van der Waals surface area contributed by atoms with Crippen molar-refractivity contribution in [2.24, 2.45) is 5.41 Å². The van der Waals surface area contributed by atoms with Crippen molar-refractivity contribution >= 4 is 18.3 Å². The van der Waals surface area contributed by atoms with Crippen LogP contribution < -0.4 is 5.32 Å². The van der Waals surface area contributed by atoms with E-state index < -0.39 is 35.0 Å². The van der Waals surface area contributed by atoms with Crippen molar-refractivity contribution in [1.82, 2.24) is 15.1 Å². The first-order chi connectivity index (χ1) is 14.2. The fraction of sp³-hybridized carbons (Fsp3) is 0.667. The number of amides is 1. The Bertz CT molecular complexity index is 721. The second-order valence-corrected chi connectivity index (χ2v) is 8.99. The predicted molar refractivity (Wildman–Crippen MR) is 113 cm³/mol. The largest absolute Gasteiger partial charge is 0.416 e. The van der Waals surface area contributed by atoms with Crippen LogP contribution in [-0.4, -0.2) is 61.5 Å². The molecule has 32 heavy (non-hydrogen) atoms. The molecule has 0 atom stereocenters. The minimum absolute atomic E-state index is 0. The van der Waals surface area contributed by atoms with Crippen LogP contribution in [0.3, 0.4) is 0 Å². The van der Waals surface area contributed by atoms with Gasteiger partial charge in [0.1, 0.15) is 0 Å². The van der Waals surface area contributed by atoms with Crippen LogP contribution in [0.2, 0.25) is 0 Å². The van der Waals surface area contributed by atoms with Crippen molar-refractivity contribution in [3.63, 3.8) is 0 Å². The van der Waals surface area contributed by atoms with Crippen LogP contribution in [0.5, 0.6) is 0 Å². The van der Waals surface area contributed by atoms with Crippen LogP contribution >= 0.6 is 12.4 Å². The van der Waals surface area contributed by atoms with Gasteiger partial charge in [-0.15, -0.1) is 12.4 Å². The molecule has 0 aromatic heterocycles. The van der Waals surface area contributed by atoms with E-state index in [1.807, 2.05) is 0 Å². The zero-order valence-corrected chi connectivity index (χ0v) is 19.2. The Labute approximate surface area is 190 Å². The molecule has 11 heteroatoms. The molecule has 0 unspecified atom stereocenters. The van der Waals surface area contributed by atoms with Gasteiger partial charge in [0, 0.05) is 44.8 Å². The fourth-order valence-corrected chi connectivity index (χ4v) is 3.26. The summed E-state index contributed by atoms with van der Waals surface area (Å²) in [5, 5.41) is 3.35. The van der Waals surface area contributed by atoms with Crippen molar-refractivity contribution in [2.75, 3.05) is 45.8 Å². The number of benzene rings is 1. The van der Waals surface area contributed by atoms with Gasteiger partial charge in [-0.2, -0.15) is 26.3 Å². The smallest absolute Gasteiger partial charge is 0.336 e. The highest BCUT2D eigenvalue weighted by atomic mass is 35.5. The average Bonchev–Trinajstić information content (AvgIpc) is 2.65. The third kappa shape index (κ3) is 8.78. The van der Waals surface area contributed by atoms with E-state index in [-0.39, 0.29) is 37.0 Å². The number of piperazine rings is 1. The molecule has 0 aliphatic carbocycles. The number of nitrogens with one attached hydrogen (secondary N) is 1. The van der Waals surface area contributed by atoms with E-state index in [1.165, 1.54) is 4.90 Å². The zero-order valence-electron chi connectivity index (χ0n) is 18.4. The third-order valence-corrected chi connectivity index (χ3v) is 5.15. The summed E-state index contributed by atoms with van der Waals surface area (Å²) in [6.07, 6.45) is -8.92. The highest BCUT2D eigenvalue weighted by Gasteiger charge is 2.38. The maximum atomic E-state index is 13.0. The molecule has 184 valence electrons. The fourth-order valence-electron chi connectivity index (χ4n) is 3.26. The second kappa shape index (κ2) is 11.1. The molecule has 0 spiro atoms. The molecule has 1 aliphatic rings. The molecule has 1 amide bonds. The van der Waals surface area contributed by atoms with E-state index in [0.717, 1.165) is 26.1 Å². The van der Waals surface area contributed by atoms with E-state index in [2.05, 4.69) is 31.0 Å². The topological polar surface area (TPSA) is 35.6 Å². The number of nitrogens with zero attached hydrogens (tertiary/aromatic N) is 2. The standard InChI is InChI=1S/C21H29F6N3O.ClH/c1-19(2,3)4-5-28-6-7-29-8-10-30(11-9-29)18(31)15-12-16(20(22,23)24)14-17(13-15)21(25,26)27;/h12-14,28H,4-11H2,1-3H3;1H. The van der Waals surface area contributed by atoms with E-state index in [4.69, 9.17) is 0 Å². The SMILES string of the molecule is CC(C)(C)CCNCCN1CCN(C(=O)c2cc(C(F)(F)F)cc(C(F)(F)F)c2)CC1.Cl. The summed E-state index contributed by atoms with van der Waals surface area (Å²) < 4.78 is 78.2. The first-order valence-corrected chi connectivity index (χ1v) is 10.2. The van der Waals surface area contributed by atoms with Crippen molar-refractivity contribution < 1.29 is 31.1 Å². The number of rotatable bonds is 6. The van der Waals surface area contributed by atoms with Crippen LogP contribution in [0, 0.1) is 5.41 Å². The molecule has 0 bridgehead atoms. The van der Waals surface area contributed by atoms with Gasteiger partial charge in [-0.1, -0.05) is 20.8 Å². The first-order valence-electron chi connectivity index (χ1n) is 10.2. The van der Waals surface area contributed by atoms with Gasteiger partial charge in [-0.05, 0) is 36.6 Å². The van der Waals surface area contributed by atoms with Crippen molar-refractivity contribution in [2.45, 2.75) is 39.5 Å². The Balaban J connectivity index is 0.00000512. The van der Waals surface area contributed by atoms with Gasteiger partial charge in [0.15, 0.2) is 0 Å². The van der Waals surface area contributed by atoms with Crippen LogP contribution in [0.25, 0.3) is 0 Å². The lowest BCUT2D eigenvalue weighted by Crippen LogP contribution is -2.50. The maximum absolute atomic E-state index is 13.0. The molecule has 0 radical (unpaired) electrons. The van der Waals surface area contributed by atoms with Crippen molar-refractivity contribution in [3.05, 3.63) is 34.9 Å². The summed E-state index contributed by atoms with van der Waals surface area (Å²) in [7, 11) is 0. The predicted octanol–water partition coefficient (Wildman–Crippen LogP) is 4.93. The van der Waals surface area contributed by atoms with Crippen LogP contribution in [0.4, 0.5) is 26.3 Å². The summed E-state index contributed by atoms with van der Waals surface area (Å²) in [5.74, 6) is -0.820. The summed E-state index contributed by atoms with van der Waals surface area (Å²) in [4.78, 5) is 16.0. The highest BCUT2D eigenvalue weighted by molar-refractivity contribution is 5.94. The molecule has 1 aromatic rings. The quantitative estimate of drug-likeness (QED) is 0.454. The summed E-state index contributed by atoms with van der Waals surface area (Å²) in [6.45, 7) is 10.4. The highest BCUT2D eigenvalue weighted by Crippen LogP contribution is 2.36. The second-order valence-electron chi connectivity index (χ2n) is 8.99. The number of hydrogen-bond donors (Lipinski definition) is 1. The summed E-state index contributed by atoms with van der Waals surface area (Å²) in [5.41, 5.74) is -3.32. The van der Waals surface area contributed by atoms with Crippen LogP contribution in [-0.2, 0) is 12.4 Å². The van der Waals surface area contributed by atoms with Crippen molar-refractivity contribution in [3.8, 4) is 0 Å². The van der Waals surface area contributed by atoms with E-state index >= 15 is 0 Å². The average molecular weight is 490 g/mol. The lowest BCUT2D eigenvalue weighted by atomic mass is 9.92. The van der Waals surface area contributed by atoms with E-state index in [9.17, 15) is 31.1 Å². The Kier molecular flexibility index (Phi) is 9.86. The van der Waals surface area contributed by atoms with Gasteiger partial charge in [-0.3, -0.25) is 9.69 Å². The Morgan fingerprint density at radius 1 is 0.875 bits per heavy atom. The van der Waals surface area contributed by atoms with Gasteiger partial charge in [-0.25, -0.2) is 0 Å². The minimum Gasteiger partial charge on any atom is -0.336 e. The number of alkyl halides is 6. The summed E-state index contributed by atoms with van der Waals surface area (Å²) >= 11 is 0. The maximum Gasteiger partial charge on any atom is 0.416 e. The van der Waals surface area contributed by atoms with Crippen LogP contribution in [0.1, 0.15) is 48.7 Å². The van der Waals surface area contributed by atoms with Crippen molar-refractivity contribution in [1.29, 1.82) is 0 Å². The summed E-state index contributed by atoms with van der Waals surface area (Å²) in [6, 6.07) is 1.01. The molecule has 0 saturated carbocycles. The van der Waals surface area contributed by atoms with Gasteiger partial charge in [0.05, 0.1) is 11.1 Å². The van der Waals surface area contributed by atoms with E-state index in [1.54, 1.807) is 0 Å². The normalized spacial score (nSPS) is 16.1. The Morgan fingerprint density at radius 2 is 1.38 bits per heavy atom. The molecule has 4 nitrogen and oxygen atoms in total. The van der Waals surface area contributed by atoms with Gasteiger partial charge >= 0.3 is 12.4 Å². The monoisotopic (exact) mass is 489 g/mol. The molecule has 1 saturated heterocycles. The van der Waals surface area contributed by atoms with Gasteiger partial charge < -0.3 is 10.2 Å². The Morgan fingerprint density at radius 3 is 1.81 bits per heavy atom. The Hall–Kier alpha value is -1.52. The molecule has 1 aromatic carbocycles.